The second-order valence-corrected chi connectivity index (χ2v) is 5.17. The number of rotatable bonds is 4. The maximum Gasteiger partial charge on any atom is 0.339 e. The lowest BCUT2D eigenvalue weighted by atomic mass is 10.2. The van der Waals surface area contributed by atoms with Gasteiger partial charge in [0.25, 0.3) is 0 Å². The number of carbonyl (C=O) groups excluding carboxylic acids is 1. The van der Waals surface area contributed by atoms with E-state index < -0.39 is 0 Å². The van der Waals surface area contributed by atoms with Crippen LogP contribution < -0.4 is 4.90 Å². The van der Waals surface area contributed by atoms with E-state index in [-0.39, 0.29) is 12.1 Å². The molecule has 0 amide bonds. The molecule has 110 valence electrons. The Hall–Kier alpha value is -1.18. The highest BCUT2D eigenvalue weighted by atomic mass is 79.9. The van der Waals surface area contributed by atoms with E-state index in [0.717, 1.165) is 12.4 Å². The number of ether oxygens (including phenoxy) is 3. The lowest BCUT2D eigenvalue weighted by Gasteiger charge is -2.34. The van der Waals surface area contributed by atoms with E-state index in [1.807, 2.05) is 0 Å². The zero-order chi connectivity index (χ0) is 14.5. The molecule has 1 saturated heterocycles. The molecule has 1 aliphatic heterocycles. The molecular formula is C13H17BrN2O4. The van der Waals surface area contributed by atoms with Crippen molar-refractivity contribution in [2.75, 3.05) is 45.4 Å². The predicted octanol–water partition coefficient (Wildman–Crippen LogP) is 1.48. The number of nitrogens with zero attached hydrogens (tertiary/aromatic N) is 2. The van der Waals surface area contributed by atoms with Crippen LogP contribution in [0.1, 0.15) is 10.4 Å². The van der Waals surface area contributed by atoms with E-state index in [2.05, 4.69) is 25.8 Å². The van der Waals surface area contributed by atoms with Gasteiger partial charge in [-0.1, -0.05) is 0 Å². The molecule has 7 heteroatoms. The maximum atomic E-state index is 11.7. The molecule has 1 aliphatic rings. The molecule has 1 atom stereocenters. The standard InChI is InChI=1S/C13H17BrN2O4/c1-18-8-9-7-16(5-6-20-9)12-11(14)10(3-4-15-12)13(17)19-2/h3-4,9H,5-8H2,1-2H3/t9-/m1/s1. The van der Waals surface area contributed by atoms with E-state index >= 15 is 0 Å². The minimum absolute atomic E-state index is 0.00392. The third-order valence-electron chi connectivity index (χ3n) is 3.07. The Kier molecular flexibility index (Phi) is 5.33. The Balaban J connectivity index is 2.22. The summed E-state index contributed by atoms with van der Waals surface area (Å²) in [6, 6.07) is 1.63. The number of morpholine rings is 1. The van der Waals surface area contributed by atoms with Crippen LogP contribution in [-0.4, -0.2) is 57.6 Å². The van der Waals surface area contributed by atoms with E-state index in [1.165, 1.54) is 7.11 Å². The van der Waals surface area contributed by atoms with Gasteiger partial charge in [-0.2, -0.15) is 0 Å². The molecule has 0 aliphatic carbocycles. The Morgan fingerprint density at radius 3 is 3.10 bits per heavy atom. The monoisotopic (exact) mass is 344 g/mol. The van der Waals surface area contributed by atoms with Crippen LogP contribution in [0, 0.1) is 0 Å². The highest BCUT2D eigenvalue weighted by Gasteiger charge is 2.25. The molecule has 2 heterocycles. The first-order valence-electron chi connectivity index (χ1n) is 6.25. The van der Waals surface area contributed by atoms with Crippen LogP contribution in [0.25, 0.3) is 0 Å². The Labute approximate surface area is 126 Å². The highest BCUT2D eigenvalue weighted by Crippen LogP contribution is 2.29. The normalized spacial score (nSPS) is 18.9. The predicted molar refractivity (Wildman–Crippen MR) is 77.1 cm³/mol. The number of hydrogen-bond donors (Lipinski definition) is 0. The summed E-state index contributed by atoms with van der Waals surface area (Å²) in [5, 5.41) is 0. The fourth-order valence-electron chi connectivity index (χ4n) is 2.12. The van der Waals surface area contributed by atoms with E-state index in [9.17, 15) is 4.79 Å². The van der Waals surface area contributed by atoms with Crippen molar-refractivity contribution in [2.24, 2.45) is 0 Å². The average molecular weight is 345 g/mol. The minimum atomic E-state index is -0.387. The van der Waals surface area contributed by atoms with Crippen LogP contribution in [0.3, 0.4) is 0 Å². The first-order chi connectivity index (χ1) is 9.67. The summed E-state index contributed by atoms with van der Waals surface area (Å²) in [4.78, 5) is 18.1. The second-order valence-electron chi connectivity index (χ2n) is 4.38. The first-order valence-corrected chi connectivity index (χ1v) is 7.05. The van der Waals surface area contributed by atoms with Crippen LogP contribution in [0.5, 0.6) is 0 Å². The van der Waals surface area contributed by atoms with Gasteiger partial charge in [-0.05, 0) is 22.0 Å². The fraction of sp³-hybridized carbons (Fsp3) is 0.538. The number of anilines is 1. The van der Waals surface area contributed by atoms with Gasteiger partial charge in [-0.15, -0.1) is 0 Å². The zero-order valence-corrected chi connectivity index (χ0v) is 13.1. The molecule has 2 rings (SSSR count). The molecule has 20 heavy (non-hydrogen) atoms. The fourth-order valence-corrected chi connectivity index (χ4v) is 2.77. The van der Waals surface area contributed by atoms with E-state index in [1.54, 1.807) is 19.4 Å². The number of halogens is 1. The number of methoxy groups -OCH3 is 2. The number of carbonyl (C=O) groups is 1. The van der Waals surface area contributed by atoms with Crippen molar-refractivity contribution in [1.82, 2.24) is 4.98 Å². The second kappa shape index (κ2) is 7.01. The summed E-state index contributed by atoms with van der Waals surface area (Å²) in [7, 11) is 3.01. The van der Waals surface area contributed by atoms with Crippen molar-refractivity contribution in [2.45, 2.75) is 6.10 Å². The SMILES string of the molecule is COC[C@H]1CN(c2nccc(C(=O)OC)c2Br)CCO1. The largest absolute Gasteiger partial charge is 0.465 e. The summed E-state index contributed by atoms with van der Waals surface area (Å²) in [5.41, 5.74) is 0.465. The molecule has 1 aromatic heterocycles. The van der Waals surface area contributed by atoms with Crippen molar-refractivity contribution in [1.29, 1.82) is 0 Å². The summed E-state index contributed by atoms with van der Waals surface area (Å²) in [5.74, 6) is 0.333. The van der Waals surface area contributed by atoms with Gasteiger partial charge in [0.2, 0.25) is 0 Å². The van der Waals surface area contributed by atoms with Crippen molar-refractivity contribution >= 4 is 27.7 Å². The van der Waals surface area contributed by atoms with Gasteiger partial charge in [0.1, 0.15) is 5.82 Å². The first kappa shape index (κ1) is 15.2. The Morgan fingerprint density at radius 2 is 2.40 bits per heavy atom. The average Bonchev–Trinajstić information content (AvgIpc) is 2.47. The van der Waals surface area contributed by atoms with Crippen LogP contribution in [0.15, 0.2) is 16.7 Å². The molecule has 0 N–H and O–H groups in total. The van der Waals surface area contributed by atoms with Crippen LogP contribution in [0.2, 0.25) is 0 Å². The lowest BCUT2D eigenvalue weighted by molar-refractivity contribution is -0.0102. The third kappa shape index (κ3) is 3.28. The third-order valence-corrected chi connectivity index (χ3v) is 3.85. The molecule has 0 aromatic carbocycles. The number of esters is 1. The van der Waals surface area contributed by atoms with Crippen molar-refractivity contribution in [3.63, 3.8) is 0 Å². The van der Waals surface area contributed by atoms with E-state index in [4.69, 9.17) is 14.2 Å². The molecule has 6 nitrogen and oxygen atoms in total. The van der Waals surface area contributed by atoms with Gasteiger partial charge >= 0.3 is 5.97 Å². The molecular weight excluding hydrogens is 328 g/mol. The minimum Gasteiger partial charge on any atom is -0.465 e. The molecule has 0 spiro atoms. The molecule has 0 saturated carbocycles. The highest BCUT2D eigenvalue weighted by molar-refractivity contribution is 9.10. The van der Waals surface area contributed by atoms with Crippen LogP contribution in [-0.2, 0) is 14.2 Å². The number of hydrogen-bond acceptors (Lipinski definition) is 6. The lowest BCUT2D eigenvalue weighted by Crippen LogP contribution is -2.45. The van der Waals surface area contributed by atoms with E-state index in [0.29, 0.717) is 29.8 Å². The zero-order valence-electron chi connectivity index (χ0n) is 11.5. The maximum absolute atomic E-state index is 11.7. The smallest absolute Gasteiger partial charge is 0.339 e. The molecule has 0 radical (unpaired) electrons. The Morgan fingerprint density at radius 1 is 1.60 bits per heavy atom. The van der Waals surface area contributed by atoms with Crippen LogP contribution >= 0.6 is 15.9 Å². The molecule has 1 aromatic rings. The van der Waals surface area contributed by atoms with Crippen molar-refractivity contribution < 1.29 is 19.0 Å². The summed E-state index contributed by atoms with van der Waals surface area (Å²) in [6.07, 6.45) is 1.61. The summed E-state index contributed by atoms with van der Waals surface area (Å²) < 4.78 is 16.1. The molecule has 1 fully saturated rings. The van der Waals surface area contributed by atoms with Crippen molar-refractivity contribution in [3.8, 4) is 0 Å². The quantitative estimate of drug-likeness (QED) is 0.771. The van der Waals surface area contributed by atoms with Gasteiger partial charge in [0.15, 0.2) is 0 Å². The van der Waals surface area contributed by atoms with Gasteiger partial charge in [-0.3, -0.25) is 0 Å². The van der Waals surface area contributed by atoms with Gasteiger partial charge in [0, 0.05) is 26.4 Å². The topological polar surface area (TPSA) is 60.9 Å². The van der Waals surface area contributed by atoms with Crippen molar-refractivity contribution in [3.05, 3.63) is 22.3 Å². The summed E-state index contributed by atoms with van der Waals surface area (Å²) in [6.45, 7) is 2.52. The Bertz CT molecular complexity index is 481. The molecule has 0 bridgehead atoms. The van der Waals surface area contributed by atoms with Crippen LogP contribution in [0.4, 0.5) is 5.82 Å². The number of aromatic nitrogens is 1. The van der Waals surface area contributed by atoms with Gasteiger partial charge < -0.3 is 19.1 Å². The van der Waals surface area contributed by atoms with Gasteiger partial charge in [-0.25, -0.2) is 9.78 Å². The summed E-state index contributed by atoms with van der Waals surface area (Å²) >= 11 is 3.44. The molecule has 0 unspecified atom stereocenters. The van der Waals surface area contributed by atoms with Gasteiger partial charge in [0.05, 0.1) is 36.5 Å². The number of pyridine rings is 1.